The number of hydrogen-bond acceptors (Lipinski definition) is 6. The van der Waals surface area contributed by atoms with Gasteiger partial charge in [0.05, 0.1) is 39.9 Å². The largest absolute Gasteiger partial charge is 0.756 e. The monoisotopic (exact) mass is 981 g/mol. The first-order valence-corrected chi connectivity index (χ1v) is 31.2. The second-order valence-electron chi connectivity index (χ2n) is 21.7. The normalized spacial score (nSPS) is 14.0. The van der Waals surface area contributed by atoms with E-state index in [2.05, 4.69) is 31.3 Å². The molecule has 0 aliphatic carbocycles. The highest BCUT2D eigenvalue weighted by Gasteiger charge is 2.23. The molecule has 0 radical (unpaired) electrons. The number of nitrogens with zero attached hydrogens (tertiary/aromatic N) is 1. The van der Waals surface area contributed by atoms with Crippen molar-refractivity contribution in [2.24, 2.45) is 0 Å². The number of carbonyl (C=O) groups excluding carboxylic acids is 1. The summed E-state index contributed by atoms with van der Waals surface area (Å²) in [6, 6.07) is -0.900. The first-order chi connectivity index (χ1) is 33.0. The number of allylic oxidation sites excluding steroid dienone is 3. The number of unbranched alkanes of at least 4 members (excludes halogenated alkanes) is 40. The van der Waals surface area contributed by atoms with Crippen LogP contribution in [0.3, 0.4) is 0 Å². The van der Waals surface area contributed by atoms with E-state index in [-0.39, 0.29) is 19.1 Å². The Balaban J connectivity index is 4.17. The number of aliphatic hydroxyl groups excluding tert-OH is 1. The molecule has 1 amide bonds. The van der Waals surface area contributed by atoms with Crippen LogP contribution in [-0.2, 0) is 18.4 Å². The van der Waals surface area contributed by atoms with Crippen molar-refractivity contribution in [3.05, 3.63) is 24.3 Å². The minimum Gasteiger partial charge on any atom is -0.756 e. The van der Waals surface area contributed by atoms with Gasteiger partial charge in [0.15, 0.2) is 0 Å². The summed E-state index contributed by atoms with van der Waals surface area (Å²) in [6.45, 7) is 4.68. The summed E-state index contributed by atoms with van der Waals surface area (Å²) in [6.07, 6.45) is 64.1. The summed E-state index contributed by atoms with van der Waals surface area (Å²) in [7, 11) is 1.26. The average molecular weight is 982 g/mol. The van der Waals surface area contributed by atoms with Gasteiger partial charge in [-0.2, -0.15) is 0 Å². The molecule has 404 valence electrons. The van der Waals surface area contributed by atoms with Crippen molar-refractivity contribution < 1.29 is 32.9 Å². The molecule has 0 bridgehead atoms. The van der Waals surface area contributed by atoms with Gasteiger partial charge in [-0.05, 0) is 32.1 Å². The first-order valence-electron chi connectivity index (χ1n) is 29.7. The number of phosphoric acid groups is 1. The van der Waals surface area contributed by atoms with E-state index in [9.17, 15) is 19.4 Å². The van der Waals surface area contributed by atoms with E-state index < -0.39 is 20.0 Å². The third-order valence-electron chi connectivity index (χ3n) is 13.7. The lowest BCUT2D eigenvalue weighted by molar-refractivity contribution is -0.870. The molecule has 0 saturated heterocycles. The zero-order valence-corrected chi connectivity index (χ0v) is 47.0. The van der Waals surface area contributed by atoms with Crippen molar-refractivity contribution in [1.29, 1.82) is 0 Å². The number of rotatable bonds is 55. The molecule has 0 aliphatic heterocycles. The lowest BCUT2D eigenvalue weighted by Crippen LogP contribution is -2.45. The summed E-state index contributed by atoms with van der Waals surface area (Å²) in [4.78, 5) is 25.5. The van der Waals surface area contributed by atoms with E-state index in [4.69, 9.17) is 9.05 Å². The highest BCUT2D eigenvalue weighted by Crippen LogP contribution is 2.38. The Bertz CT molecular complexity index is 1160. The van der Waals surface area contributed by atoms with Crippen molar-refractivity contribution in [1.82, 2.24) is 5.32 Å². The van der Waals surface area contributed by atoms with Gasteiger partial charge in [-0.3, -0.25) is 9.36 Å². The van der Waals surface area contributed by atoms with Gasteiger partial charge in [-0.1, -0.05) is 282 Å². The number of nitrogens with one attached hydrogen (secondary N) is 1. The third-order valence-corrected chi connectivity index (χ3v) is 14.6. The molecule has 9 heteroatoms. The molecule has 0 aromatic rings. The number of amides is 1. The fourth-order valence-corrected chi connectivity index (χ4v) is 9.72. The highest BCUT2D eigenvalue weighted by molar-refractivity contribution is 7.45. The highest BCUT2D eigenvalue weighted by atomic mass is 31.2. The van der Waals surface area contributed by atoms with E-state index >= 15 is 0 Å². The molecule has 68 heavy (non-hydrogen) atoms. The Morgan fingerprint density at radius 2 is 0.824 bits per heavy atom. The third kappa shape index (κ3) is 52.8. The van der Waals surface area contributed by atoms with Crippen LogP contribution in [0.15, 0.2) is 24.3 Å². The molecule has 0 aromatic carbocycles. The van der Waals surface area contributed by atoms with Gasteiger partial charge in [-0.15, -0.1) is 0 Å². The lowest BCUT2D eigenvalue weighted by Gasteiger charge is -2.29. The number of carbonyl (C=O) groups is 1. The smallest absolute Gasteiger partial charge is 0.268 e. The van der Waals surface area contributed by atoms with Gasteiger partial charge < -0.3 is 28.8 Å². The molecule has 2 N–H and O–H groups in total. The zero-order valence-electron chi connectivity index (χ0n) is 46.1. The van der Waals surface area contributed by atoms with E-state index in [1.807, 2.05) is 27.2 Å². The van der Waals surface area contributed by atoms with Crippen LogP contribution in [0, 0.1) is 0 Å². The van der Waals surface area contributed by atoms with Crippen LogP contribution in [0.25, 0.3) is 0 Å². The maximum Gasteiger partial charge on any atom is 0.268 e. The molecule has 0 rings (SSSR count). The van der Waals surface area contributed by atoms with Crippen molar-refractivity contribution in [2.45, 2.75) is 309 Å². The van der Waals surface area contributed by atoms with E-state index in [0.29, 0.717) is 17.4 Å². The molecular formula is C59H117N2O6P. The van der Waals surface area contributed by atoms with Gasteiger partial charge in [0.2, 0.25) is 5.91 Å². The SMILES string of the molecule is CCCCCCCCCCCCCCCC/C=C/CC/C=C/C(O)C(COP(=O)([O-])OCC[N+](C)(C)C)NC(=O)CCCCCCCCCCCCCCCCCCCCCCCCCCCC. The Morgan fingerprint density at radius 3 is 1.19 bits per heavy atom. The van der Waals surface area contributed by atoms with Gasteiger partial charge in [-0.25, -0.2) is 0 Å². The van der Waals surface area contributed by atoms with E-state index in [0.717, 1.165) is 38.5 Å². The molecule has 0 spiro atoms. The van der Waals surface area contributed by atoms with E-state index in [1.54, 1.807) is 6.08 Å². The average Bonchev–Trinajstić information content (AvgIpc) is 3.30. The molecule has 3 atom stereocenters. The molecule has 0 fully saturated rings. The van der Waals surface area contributed by atoms with Crippen LogP contribution < -0.4 is 10.2 Å². The first kappa shape index (κ1) is 67.0. The molecule has 0 aliphatic rings. The topological polar surface area (TPSA) is 108 Å². The van der Waals surface area contributed by atoms with E-state index in [1.165, 1.54) is 238 Å². The number of hydrogen-bond donors (Lipinski definition) is 2. The van der Waals surface area contributed by atoms with Crippen molar-refractivity contribution in [3.8, 4) is 0 Å². The molecule has 3 unspecified atom stereocenters. The van der Waals surface area contributed by atoms with Crippen LogP contribution >= 0.6 is 7.82 Å². The van der Waals surface area contributed by atoms with Crippen molar-refractivity contribution in [2.75, 3.05) is 40.9 Å². The van der Waals surface area contributed by atoms with Gasteiger partial charge >= 0.3 is 0 Å². The maximum absolute atomic E-state index is 13.0. The number of quaternary nitrogens is 1. The number of phosphoric ester groups is 1. The predicted molar refractivity (Wildman–Crippen MR) is 293 cm³/mol. The standard InChI is InChI=1S/C59H117N2O6P/c1-6-8-10-12-14-16-18-20-22-24-26-28-29-30-31-32-33-35-37-39-41-43-45-47-49-51-53-59(63)60-57(56-67-68(64,65)66-55-54-61(3,4)5)58(62)52-50-48-46-44-42-40-38-36-34-27-25-23-21-19-17-15-13-11-9-7-2/h42,44,50,52,57-58,62H,6-41,43,45-49,51,53-56H2,1-5H3,(H-,60,63,64,65)/b44-42+,52-50+. The summed E-state index contributed by atoms with van der Waals surface area (Å²) in [5.41, 5.74) is 0. The summed E-state index contributed by atoms with van der Waals surface area (Å²) < 4.78 is 23.3. The minimum atomic E-state index is -4.60. The Labute approximate surface area is 424 Å². The number of likely N-dealkylation sites (N-methyl/N-ethyl adjacent to an activating group) is 1. The van der Waals surface area contributed by atoms with Crippen LogP contribution in [0.1, 0.15) is 296 Å². The minimum absolute atomic E-state index is 0.00368. The Morgan fingerprint density at radius 1 is 0.500 bits per heavy atom. The molecular weight excluding hydrogens is 864 g/mol. The molecule has 8 nitrogen and oxygen atoms in total. The van der Waals surface area contributed by atoms with Gasteiger partial charge in [0.1, 0.15) is 13.2 Å². The molecule has 0 heterocycles. The van der Waals surface area contributed by atoms with Gasteiger partial charge in [0, 0.05) is 6.42 Å². The van der Waals surface area contributed by atoms with Crippen molar-refractivity contribution >= 4 is 13.7 Å². The lowest BCUT2D eigenvalue weighted by atomic mass is 10.0. The fourth-order valence-electron chi connectivity index (χ4n) is 9.00. The zero-order chi connectivity index (χ0) is 49.9. The quantitative estimate of drug-likeness (QED) is 0.0272. The van der Waals surface area contributed by atoms with Crippen LogP contribution in [-0.4, -0.2) is 68.5 Å². The second-order valence-corrected chi connectivity index (χ2v) is 23.1. The molecule has 0 saturated carbocycles. The van der Waals surface area contributed by atoms with Gasteiger partial charge in [0.25, 0.3) is 7.82 Å². The summed E-state index contributed by atoms with van der Waals surface area (Å²) >= 11 is 0. The van der Waals surface area contributed by atoms with Crippen LogP contribution in [0.4, 0.5) is 0 Å². The fraction of sp³-hybridized carbons (Fsp3) is 0.915. The Hall–Kier alpha value is -1.02. The van der Waals surface area contributed by atoms with Crippen LogP contribution in [0.2, 0.25) is 0 Å². The van der Waals surface area contributed by atoms with Crippen molar-refractivity contribution in [3.63, 3.8) is 0 Å². The predicted octanol–water partition coefficient (Wildman–Crippen LogP) is 17.4. The Kier molecular flexibility index (Phi) is 50.1. The second kappa shape index (κ2) is 50.9. The molecule has 0 aromatic heterocycles. The maximum atomic E-state index is 13.0. The number of aliphatic hydroxyl groups is 1. The summed E-state index contributed by atoms with van der Waals surface area (Å²) in [5, 5.41) is 13.9. The summed E-state index contributed by atoms with van der Waals surface area (Å²) in [5.74, 6) is -0.200. The van der Waals surface area contributed by atoms with Crippen LogP contribution in [0.5, 0.6) is 0 Å².